The van der Waals surface area contributed by atoms with Gasteiger partial charge in [-0.2, -0.15) is 5.23 Å². The van der Waals surface area contributed by atoms with Crippen molar-refractivity contribution in [2.24, 2.45) is 0 Å². The summed E-state index contributed by atoms with van der Waals surface area (Å²) in [4.78, 5) is 0. The van der Waals surface area contributed by atoms with Crippen molar-refractivity contribution in [2.75, 3.05) is 5.32 Å². The second kappa shape index (κ2) is 4.76. The number of anilines is 2. The summed E-state index contributed by atoms with van der Waals surface area (Å²) in [5, 5.41) is 21.7. The van der Waals surface area contributed by atoms with E-state index in [2.05, 4.69) is 5.32 Å². The molecule has 0 amide bonds. The Labute approximate surface area is 93.3 Å². The van der Waals surface area contributed by atoms with Crippen LogP contribution in [0.25, 0.3) is 0 Å². The molecule has 0 heterocycles. The maximum atomic E-state index is 10.7. The Balaban J connectivity index is 2.11. The van der Waals surface area contributed by atoms with Gasteiger partial charge in [-0.15, -0.1) is 0 Å². The van der Waals surface area contributed by atoms with Gasteiger partial charge in [0.05, 0.1) is 0 Å². The molecule has 16 heavy (non-hydrogen) atoms. The first-order chi connectivity index (χ1) is 7.75. The van der Waals surface area contributed by atoms with Crippen LogP contribution < -0.4 is 10.5 Å². The summed E-state index contributed by atoms with van der Waals surface area (Å²) in [6.45, 7) is 0. The zero-order valence-electron chi connectivity index (χ0n) is 8.55. The summed E-state index contributed by atoms with van der Waals surface area (Å²) in [6.07, 6.45) is 0. The molecule has 0 saturated carbocycles. The molecule has 0 aliphatic carbocycles. The number of hydrogen-bond acceptors (Lipinski definition) is 3. The Kier molecular flexibility index (Phi) is 3.16. The highest BCUT2D eigenvalue weighted by molar-refractivity contribution is 5.60. The summed E-state index contributed by atoms with van der Waals surface area (Å²) in [5.41, 5.74) is 2.14. The van der Waals surface area contributed by atoms with Crippen LogP contribution in [0, 0.1) is 5.21 Å². The molecule has 0 bridgehead atoms. The van der Waals surface area contributed by atoms with Crippen molar-refractivity contribution in [3.8, 4) is 0 Å². The summed E-state index contributed by atoms with van der Waals surface area (Å²) < 4.78 is 0. The van der Waals surface area contributed by atoms with Gasteiger partial charge in [0.15, 0.2) is 5.69 Å². The molecule has 2 aromatic rings. The monoisotopic (exact) mass is 216 g/mol. The summed E-state index contributed by atoms with van der Waals surface area (Å²) in [7, 11) is 0. The van der Waals surface area contributed by atoms with E-state index in [0.29, 0.717) is 5.69 Å². The van der Waals surface area contributed by atoms with Gasteiger partial charge in [-0.05, 0) is 24.3 Å². The number of hydrogen-bond donors (Lipinski definition) is 3. The molecule has 1 unspecified atom stereocenters. The third-order valence-corrected chi connectivity index (χ3v) is 2.19. The second-order valence-corrected chi connectivity index (χ2v) is 3.37. The minimum absolute atomic E-state index is 0.290. The van der Waals surface area contributed by atoms with E-state index in [1.54, 1.807) is 24.3 Å². The van der Waals surface area contributed by atoms with Crippen LogP contribution in [0.4, 0.5) is 17.1 Å². The molecule has 0 spiro atoms. The summed E-state index contributed by atoms with van der Waals surface area (Å²) >= 11 is 0. The standard InChI is InChI=1S/C12H12N2O2/c15-14(16)12-8-6-11(7-9-12)13-10-4-2-1-3-5-10/h1-9,13-15H. The van der Waals surface area contributed by atoms with Crippen molar-refractivity contribution in [1.29, 1.82) is 0 Å². The van der Waals surface area contributed by atoms with E-state index in [-0.39, 0.29) is 0 Å². The highest BCUT2D eigenvalue weighted by Gasteiger charge is 1.99. The van der Waals surface area contributed by atoms with E-state index in [1.165, 1.54) is 0 Å². The van der Waals surface area contributed by atoms with Gasteiger partial charge in [0, 0.05) is 23.5 Å². The zero-order valence-corrected chi connectivity index (χ0v) is 8.55. The lowest BCUT2D eigenvalue weighted by Crippen LogP contribution is -2.99. The Morgan fingerprint density at radius 1 is 0.875 bits per heavy atom. The predicted molar refractivity (Wildman–Crippen MR) is 61.9 cm³/mol. The van der Waals surface area contributed by atoms with Crippen molar-refractivity contribution < 1.29 is 10.4 Å². The maximum Gasteiger partial charge on any atom is 0.163 e. The minimum Gasteiger partial charge on any atom is -0.595 e. The van der Waals surface area contributed by atoms with Gasteiger partial charge in [-0.1, -0.05) is 18.2 Å². The SMILES string of the molecule is [O-][NH+](O)c1ccc(Nc2ccccc2)cc1. The minimum atomic E-state index is -0.911. The first-order valence-electron chi connectivity index (χ1n) is 4.91. The van der Waals surface area contributed by atoms with Crippen LogP contribution in [0.15, 0.2) is 54.6 Å². The molecule has 0 aliphatic heterocycles. The summed E-state index contributed by atoms with van der Waals surface area (Å²) in [6, 6.07) is 16.4. The van der Waals surface area contributed by atoms with Gasteiger partial charge in [0.2, 0.25) is 0 Å². The van der Waals surface area contributed by atoms with Crippen molar-refractivity contribution in [2.45, 2.75) is 0 Å². The quantitative estimate of drug-likeness (QED) is 0.686. The third-order valence-electron chi connectivity index (χ3n) is 2.19. The van der Waals surface area contributed by atoms with Crippen LogP contribution in [0.1, 0.15) is 0 Å². The molecule has 82 valence electrons. The molecule has 0 fully saturated rings. The van der Waals surface area contributed by atoms with E-state index in [4.69, 9.17) is 5.21 Å². The van der Waals surface area contributed by atoms with Crippen LogP contribution in [0.2, 0.25) is 0 Å². The lowest BCUT2D eigenvalue weighted by atomic mass is 10.2. The van der Waals surface area contributed by atoms with Gasteiger partial charge in [-0.25, -0.2) is 5.21 Å². The van der Waals surface area contributed by atoms with E-state index >= 15 is 0 Å². The highest BCUT2D eigenvalue weighted by Crippen LogP contribution is 2.16. The Morgan fingerprint density at radius 2 is 1.44 bits per heavy atom. The average molecular weight is 216 g/mol. The van der Waals surface area contributed by atoms with Gasteiger partial charge in [0.1, 0.15) is 0 Å². The Bertz CT molecular complexity index is 440. The number of nitrogens with one attached hydrogen (secondary N) is 2. The molecule has 2 aromatic carbocycles. The lowest BCUT2D eigenvalue weighted by molar-refractivity contribution is -0.991. The third kappa shape index (κ3) is 2.58. The Morgan fingerprint density at radius 3 is 2.00 bits per heavy atom. The van der Waals surface area contributed by atoms with Crippen LogP contribution in [0.5, 0.6) is 0 Å². The van der Waals surface area contributed by atoms with E-state index in [1.807, 2.05) is 30.3 Å². The van der Waals surface area contributed by atoms with E-state index in [0.717, 1.165) is 11.4 Å². The zero-order chi connectivity index (χ0) is 11.4. The predicted octanol–water partition coefficient (Wildman–Crippen LogP) is 1.83. The normalized spacial score (nSPS) is 12.1. The van der Waals surface area contributed by atoms with Crippen molar-refractivity contribution in [3.05, 3.63) is 59.8 Å². The van der Waals surface area contributed by atoms with Gasteiger partial charge >= 0.3 is 0 Å². The van der Waals surface area contributed by atoms with Crippen molar-refractivity contribution >= 4 is 17.1 Å². The van der Waals surface area contributed by atoms with Gasteiger partial charge in [-0.3, -0.25) is 0 Å². The number of para-hydroxylation sites is 1. The average Bonchev–Trinajstić information content (AvgIpc) is 2.31. The van der Waals surface area contributed by atoms with Crippen LogP contribution in [-0.4, -0.2) is 5.21 Å². The number of rotatable bonds is 3. The second-order valence-electron chi connectivity index (χ2n) is 3.37. The molecule has 4 heteroatoms. The fourth-order valence-corrected chi connectivity index (χ4v) is 1.38. The largest absolute Gasteiger partial charge is 0.595 e. The fraction of sp³-hybridized carbons (Fsp3) is 0. The molecule has 0 aliphatic rings. The maximum absolute atomic E-state index is 10.7. The van der Waals surface area contributed by atoms with Gasteiger partial charge < -0.3 is 10.5 Å². The van der Waals surface area contributed by atoms with E-state index < -0.39 is 5.23 Å². The van der Waals surface area contributed by atoms with Crippen LogP contribution >= 0.6 is 0 Å². The number of quaternary nitrogens is 1. The molecule has 4 nitrogen and oxygen atoms in total. The van der Waals surface area contributed by atoms with E-state index in [9.17, 15) is 5.21 Å². The topological polar surface area (TPSA) is 59.8 Å². The molecule has 0 saturated heterocycles. The molecule has 0 radical (unpaired) electrons. The number of benzene rings is 2. The molecule has 3 N–H and O–H groups in total. The first kappa shape index (κ1) is 10.6. The molecular weight excluding hydrogens is 204 g/mol. The first-order valence-corrected chi connectivity index (χ1v) is 4.91. The summed E-state index contributed by atoms with van der Waals surface area (Å²) in [5.74, 6) is 0. The van der Waals surface area contributed by atoms with Crippen molar-refractivity contribution in [1.82, 2.24) is 0 Å². The highest BCUT2D eigenvalue weighted by atomic mass is 16.8. The van der Waals surface area contributed by atoms with Crippen molar-refractivity contribution in [3.63, 3.8) is 0 Å². The Hall–Kier alpha value is -1.88. The molecule has 0 aromatic heterocycles. The van der Waals surface area contributed by atoms with Crippen LogP contribution in [0.3, 0.4) is 0 Å². The smallest absolute Gasteiger partial charge is 0.163 e. The molecular formula is C12H12N2O2. The lowest BCUT2D eigenvalue weighted by Gasteiger charge is -2.12. The molecule has 2 rings (SSSR count). The molecule has 1 atom stereocenters. The van der Waals surface area contributed by atoms with Gasteiger partial charge in [0.25, 0.3) is 0 Å². The fourth-order valence-electron chi connectivity index (χ4n) is 1.38. The van der Waals surface area contributed by atoms with Crippen LogP contribution in [-0.2, 0) is 0 Å².